The molecule has 0 atom stereocenters. The van der Waals surface area contributed by atoms with Crippen LogP contribution in [-0.4, -0.2) is 16.7 Å². The minimum atomic E-state index is 0.477. The van der Waals surface area contributed by atoms with E-state index in [4.69, 9.17) is 5.73 Å². The zero-order valence-electron chi connectivity index (χ0n) is 10.7. The van der Waals surface area contributed by atoms with Crippen molar-refractivity contribution in [1.29, 1.82) is 0 Å². The lowest BCUT2D eigenvalue weighted by atomic mass is 10.0. The molecule has 0 spiro atoms. The lowest BCUT2D eigenvalue weighted by molar-refractivity contribution is 0.868. The van der Waals surface area contributed by atoms with Crippen LogP contribution in [0.5, 0.6) is 0 Å². The van der Waals surface area contributed by atoms with E-state index >= 15 is 0 Å². The van der Waals surface area contributed by atoms with Gasteiger partial charge in [-0.1, -0.05) is 43.4 Å². The van der Waals surface area contributed by atoms with Gasteiger partial charge in [-0.3, -0.25) is 0 Å². The molecule has 3 N–H and O–H groups in total. The fraction of sp³-hybridized carbons (Fsp3) is 0.385. The van der Waals surface area contributed by atoms with Gasteiger partial charge >= 0.3 is 0 Å². The lowest BCUT2D eigenvalue weighted by Crippen LogP contribution is -2.01. The quantitative estimate of drug-likeness (QED) is 0.869. The first-order chi connectivity index (χ1) is 8.70. The Kier molecular flexibility index (Phi) is 4.28. The van der Waals surface area contributed by atoms with Crippen molar-refractivity contribution < 1.29 is 0 Å². The third-order valence-electron chi connectivity index (χ3n) is 2.65. The number of aromatic nitrogens is 2. The van der Waals surface area contributed by atoms with Crippen molar-refractivity contribution in [2.75, 3.05) is 11.9 Å². The molecule has 0 aliphatic heterocycles. The normalized spacial score (nSPS) is 10.9. The molecule has 96 valence electrons. The van der Waals surface area contributed by atoms with Gasteiger partial charge < -0.3 is 11.1 Å². The average Bonchev–Trinajstić information content (AvgIpc) is 2.77. The largest absolute Gasteiger partial charge is 0.330 e. The molecular formula is C13H18N4S. The van der Waals surface area contributed by atoms with Gasteiger partial charge in [0.05, 0.1) is 0 Å². The molecule has 0 aliphatic carbocycles. The van der Waals surface area contributed by atoms with E-state index in [-0.39, 0.29) is 0 Å². The molecule has 0 saturated heterocycles. The molecular weight excluding hydrogens is 244 g/mol. The third-order valence-corrected chi connectivity index (χ3v) is 3.55. The van der Waals surface area contributed by atoms with Crippen LogP contribution in [0.1, 0.15) is 30.3 Å². The highest BCUT2D eigenvalue weighted by Crippen LogP contribution is 2.28. The smallest absolute Gasteiger partial charge is 0.210 e. The fourth-order valence-electron chi connectivity index (χ4n) is 1.76. The summed E-state index contributed by atoms with van der Waals surface area (Å²) in [5.41, 5.74) is 7.89. The first-order valence-electron chi connectivity index (χ1n) is 6.09. The average molecular weight is 262 g/mol. The van der Waals surface area contributed by atoms with Gasteiger partial charge in [0.25, 0.3) is 0 Å². The fourth-order valence-corrected chi connectivity index (χ4v) is 2.53. The second-order valence-electron chi connectivity index (χ2n) is 4.41. The highest BCUT2D eigenvalue weighted by Gasteiger charge is 2.08. The number of hydrogen-bond donors (Lipinski definition) is 2. The molecule has 0 radical (unpaired) electrons. The van der Waals surface area contributed by atoms with Gasteiger partial charge in [-0.25, -0.2) is 0 Å². The van der Waals surface area contributed by atoms with Gasteiger partial charge in [0.2, 0.25) is 5.13 Å². The van der Waals surface area contributed by atoms with Gasteiger partial charge in [-0.15, -0.1) is 10.2 Å². The number of nitrogens with one attached hydrogen (secondary N) is 1. The second kappa shape index (κ2) is 5.93. The molecule has 0 saturated carbocycles. The van der Waals surface area contributed by atoms with Crippen LogP contribution in [0, 0.1) is 0 Å². The van der Waals surface area contributed by atoms with E-state index in [1.165, 1.54) is 5.56 Å². The summed E-state index contributed by atoms with van der Waals surface area (Å²) in [7, 11) is 0. The van der Waals surface area contributed by atoms with Crippen molar-refractivity contribution in [1.82, 2.24) is 10.2 Å². The van der Waals surface area contributed by atoms with Crippen molar-refractivity contribution in [2.45, 2.75) is 26.2 Å². The van der Waals surface area contributed by atoms with E-state index in [1.807, 2.05) is 6.07 Å². The standard InChI is InChI=1S/C13H18N4S/c1-9(2)10-5-3-4-6-11(10)15-13-17-16-12(18-13)7-8-14/h3-6,9H,7-8,14H2,1-2H3,(H,15,17). The Bertz CT molecular complexity index is 507. The van der Waals surface area contributed by atoms with Crippen LogP contribution in [0.3, 0.4) is 0 Å². The first-order valence-corrected chi connectivity index (χ1v) is 6.90. The Morgan fingerprint density at radius 1 is 1.28 bits per heavy atom. The maximum Gasteiger partial charge on any atom is 0.210 e. The minimum absolute atomic E-state index is 0.477. The zero-order chi connectivity index (χ0) is 13.0. The zero-order valence-corrected chi connectivity index (χ0v) is 11.5. The molecule has 0 unspecified atom stereocenters. The predicted octanol–water partition coefficient (Wildman–Crippen LogP) is 2.91. The SMILES string of the molecule is CC(C)c1ccccc1Nc1nnc(CCN)s1. The summed E-state index contributed by atoms with van der Waals surface area (Å²) >= 11 is 1.56. The molecule has 18 heavy (non-hydrogen) atoms. The summed E-state index contributed by atoms with van der Waals surface area (Å²) in [4.78, 5) is 0. The van der Waals surface area contributed by atoms with Crippen molar-refractivity contribution in [3.05, 3.63) is 34.8 Å². The summed E-state index contributed by atoms with van der Waals surface area (Å²) in [5, 5.41) is 13.4. The van der Waals surface area contributed by atoms with E-state index in [0.29, 0.717) is 12.5 Å². The molecule has 2 rings (SSSR count). The number of nitrogens with two attached hydrogens (primary N) is 1. The number of rotatable bonds is 5. The van der Waals surface area contributed by atoms with Crippen LogP contribution in [0.4, 0.5) is 10.8 Å². The number of benzene rings is 1. The van der Waals surface area contributed by atoms with Gasteiger partial charge in [0, 0.05) is 12.1 Å². The monoisotopic (exact) mass is 262 g/mol. The van der Waals surface area contributed by atoms with Crippen molar-refractivity contribution in [3.63, 3.8) is 0 Å². The van der Waals surface area contributed by atoms with Crippen LogP contribution in [0.25, 0.3) is 0 Å². The predicted molar refractivity (Wildman–Crippen MR) is 76.5 cm³/mol. The molecule has 0 aliphatic rings. The van der Waals surface area contributed by atoms with Crippen molar-refractivity contribution in [2.24, 2.45) is 5.73 Å². The molecule has 0 bridgehead atoms. The molecule has 1 aromatic carbocycles. The molecule has 1 heterocycles. The molecule has 2 aromatic rings. The Labute approximate surface area is 111 Å². The molecule has 0 amide bonds. The van der Waals surface area contributed by atoms with Crippen LogP contribution in [-0.2, 0) is 6.42 Å². The number of nitrogens with zero attached hydrogens (tertiary/aromatic N) is 2. The Morgan fingerprint density at radius 2 is 2.06 bits per heavy atom. The van der Waals surface area contributed by atoms with E-state index in [1.54, 1.807) is 11.3 Å². The molecule has 5 heteroatoms. The minimum Gasteiger partial charge on any atom is -0.330 e. The topological polar surface area (TPSA) is 63.8 Å². The highest BCUT2D eigenvalue weighted by molar-refractivity contribution is 7.15. The summed E-state index contributed by atoms with van der Waals surface area (Å²) in [6, 6.07) is 8.28. The Morgan fingerprint density at radius 3 is 2.78 bits per heavy atom. The first kappa shape index (κ1) is 13.0. The van der Waals surface area contributed by atoms with Gasteiger partial charge in [0.1, 0.15) is 5.01 Å². The van der Waals surface area contributed by atoms with E-state index in [2.05, 4.69) is 47.6 Å². The van der Waals surface area contributed by atoms with E-state index < -0.39 is 0 Å². The number of para-hydroxylation sites is 1. The highest BCUT2D eigenvalue weighted by atomic mass is 32.1. The van der Waals surface area contributed by atoms with E-state index in [0.717, 1.165) is 22.2 Å². The van der Waals surface area contributed by atoms with Crippen LogP contribution in [0.15, 0.2) is 24.3 Å². The third kappa shape index (κ3) is 3.05. The summed E-state index contributed by atoms with van der Waals surface area (Å²) in [6.45, 7) is 4.97. The summed E-state index contributed by atoms with van der Waals surface area (Å²) in [5.74, 6) is 0.477. The number of anilines is 2. The van der Waals surface area contributed by atoms with Crippen molar-refractivity contribution in [3.8, 4) is 0 Å². The summed E-state index contributed by atoms with van der Waals surface area (Å²) < 4.78 is 0. The van der Waals surface area contributed by atoms with Crippen LogP contribution >= 0.6 is 11.3 Å². The Hall–Kier alpha value is -1.46. The molecule has 1 aromatic heterocycles. The lowest BCUT2D eigenvalue weighted by Gasteiger charge is -2.12. The maximum absolute atomic E-state index is 5.50. The van der Waals surface area contributed by atoms with Crippen LogP contribution < -0.4 is 11.1 Å². The van der Waals surface area contributed by atoms with Crippen molar-refractivity contribution >= 4 is 22.2 Å². The molecule has 0 fully saturated rings. The van der Waals surface area contributed by atoms with Gasteiger partial charge in [-0.05, 0) is 24.1 Å². The van der Waals surface area contributed by atoms with E-state index in [9.17, 15) is 0 Å². The second-order valence-corrected chi connectivity index (χ2v) is 5.47. The van der Waals surface area contributed by atoms with Crippen LogP contribution in [0.2, 0.25) is 0 Å². The molecule has 4 nitrogen and oxygen atoms in total. The van der Waals surface area contributed by atoms with Gasteiger partial charge in [-0.2, -0.15) is 0 Å². The maximum atomic E-state index is 5.50. The number of hydrogen-bond acceptors (Lipinski definition) is 5. The van der Waals surface area contributed by atoms with Gasteiger partial charge in [0.15, 0.2) is 0 Å². The summed E-state index contributed by atoms with van der Waals surface area (Å²) in [6.07, 6.45) is 0.783. The Balaban J connectivity index is 2.17.